The van der Waals surface area contributed by atoms with E-state index < -0.39 is 4.92 Å². The number of rotatable bonds is 3. The van der Waals surface area contributed by atoms with E-state index in [1.807, 2.05) is 30.3 Å². The fraction of sp³-hybridized carbons (Fsp3) is 0.143. The Labute approximate surface area is 115 Å². The standard InChI is InChI=1S/C14H12N4O2/c19-18(20)13-8-6-12(7-9-13)17-14(10-15-16-17)11-4-2-1-3-5-11/h1-9,14H,10H2. The van der Waals surface area contributed by atoms with E-state index in [1.54, 1.807) is 17.1 Å². The van der Waals surface area contributed by atoms with Crippen LogP contribution in [0.25, 0.3) is 0 Å². The predicted octanol–water partition coefficient (Wildman–Crippen LogP) is 3.52. The predicted molar refractivity (Wildman–Crippen MR) is 74.5 cm³/mol. The first-order valence-corrected chi connectivity index (χ1v) is 6.22. The normalized spacial score (nSPS) is 17.4. The van der Waals surface area contributed by atoms with E-state index in [9.17, 15) is 10.1 Å². The van der Waals surface area contributed by atoms with E-state index >= 15 is 0 Å². The molecular formula is C14H12N4O2. The van der Waals surface area contributed by atoms with Gasteiger partial charge in [-0.15, -0.1) is 0 Å². The van der Waals surface area contributed by atoms with E-state index in [2.05, 4.69) is 10.3 Å². The van der Waals surface area contributed by atoms with Gasteiger partial charge < -0.3 is 0 Å². The molecule has 6 nitrogen and oxygen atoms in total. The van der Waals surface area contributed by atoms with Gasteiger partial charge >= 0.3 is 0 Å². The van der Waals surface area contributed by atoms with Crippen LogP contribution in [0, 0.1) is 10.1 Å². The molecule has 3 rings (SSSR count). The van der Waals surface area contributed by atoms with Gasteiger partial charge in [0.15, 0.2) is 0 Å². The van der Waals surface area contributed by atoms with Crippen molar-refractivity contribution in [3.63, 3.8) is 0 Å². The monoisotopic (exact) mass is 268 g/mol. The molecule has 0 amide bonds. The molecule has 0 saturated heterocycles. The van der Waals surface area contributed by atoms with Crippen LogP contribution in [0.2, 0.25) is 0 Å². The second-order valence-electron chi connectivity index (χ2n) is 4.46. The van der Waals surface area contributed by atoms with E-state index in [0.29, 0.717) is 6.54 Å². The summed E-state index contributed by atoms with van der Waals surface area (Å²) in [6.07, 6.45) is 0. The van der Waals surface area contributed by atoms with Crippen LogP contribution in [-0.2, 0) is 0 Å². The molecule has 2 aromatic rings. The smallest absolute Gasteiger partial charge is 0.258 e. The molecule has 0 aromatic heterocycles. The molecule has 0 spiro atoms. The first kappa shape index (κ1) is 12.3. The number of benzene rings is 2. The molecule has 0 saturated carbocycles. The molecule has 1 atom stereocenters. The molecule has 1 aliphatic heterocycles. The van der Waals surface area contributed by atoms with Crippen molar-refractivity contribution in [1.82, 2.24) is 0 Å². The van der Waals surface area contributed by atoms with Gasteiger partial charge in [0.25, 0.3) is 5.69 Å². The van der Waals surface area contributed by atoms with E-state index in [0.717, 1.165) is 11.3 Å². The van der Waals surface area contributed by atoms with Crippen molar-refractivity contribution in [2.45, 2.75) is 6.04 Å². The molecule has 0 radical (unpaired) electrons. The number of hydrogen-bond donors (Lipinski definition) is 0. The van der Waals surface area contributed by atoms with Crippen LogP contribution >= 0.6 is 0 Å². The minimum Gasteiger partial charge on any atom is -0.258 e. The van der Waals surface area contributed by atoms with Crippen molar-refractivity contribution in [1.29, 1.82) is 0 Å². The molecule has 100 valence electrons. The molecule has 2 aromatic carbocycles. The van der Waals surface area contributed by atoms with Crippen molar-refractivity contribution < 1.29 is 4.92 Å². The summed E-state index contributed by atoms with van der Waals surface area (Å²) in [6, 6.07) is 16.3. The SMILES string of the molecule is O=[N+]([O-])c1ccc(N2N=NCC2c2ccccc2)cc1. The zero-order valence-electron chi connectivity index (χ0n) is 10.6. The third-order valence-corrected chi connectivity index (χ3v) is 3.22. The lowest BCUT2D eigenvalue weighted by Crippen LogP contribution is -2.20. The van der Waals surface area contributed by atoms with Crippen LogP contribution in [0.1, 0.15) is 11.6 Å². The number of non-ortho nitro benzene ring substituents is 1. The summed E-state index contributed by atoms with van der Waals surface area (Å²) in [5.41, 5.74) is 1.99. The second-order valence-corrected chi connectivity index (χ2v) is 4.46. The summed E-state index contributed by atoms with van der Waals surface area (Å²) in [5.74, 6) is 0. The van der Waals surface area contributed by atoms with E-state index in [1.165, 1.54) is 12.1 Å². The van der Waals surface area contributed by atoms with Gasteiger partial charge in [-0.2, -0.15) is 5.11 Å². The van der Waals surface area contributed by atoms with Crippen LogP contribution in [-0.4, -0.2) is 11.5 Å². The number of nitrogens with zero attached hydrogens (tertiary/aromatic N) is 4. The zero-order valence-corrected chi connectivity index (χ0v) is 10.6. The van der Waals surface area contributed by atoms with Crippen LogP contribution in [0.15, 0.2) is 64.9 Å². The number of hydrogen-bond acceptors (Lipinski definition) is 5. The Kier molecular flexibility index (Phi) is 3.12. The van der Waals surface area contributed by atoms with Crippen molar-refractivity contribution >= 4 is 11.4 Å². The number of nitro benzene ring substituents is 1. The fourth-order valence-corrected chi connectivity index (χ4v) is 2.20. The molecule has 20 heavy (non-hydrogen) atoms. The molecule has 0 aliphatic carbocycles. The highest BCUT2D eigenvalue weighted by Gasteiger charge is 2.25. The van der Waals surface area contributed by atoms with Crippen LogP contribution in [0.4, 0.5) is 11.4 Å². The lowest BCUT2D eigenvalue weighted by molar-refractivity contribution is -0.384. The van der Waals surface area contributed by atoms with Gasteiger partial charge in [0.1, 0.15) is 6.04 Å². The Balaban J connectivity index is 1.88. The minimum absolute atomic E-state index is 0.0395. The van der Waals surface area contributed by atoms with Gasteiger partial charge in [-0.1, -0.05) is 35.6 Å². The summed E-state index contributed by atoms with van der Waals surface area (Å²) < 4.78 is 0. The summed E-state index contributed by atoms with van der Waals surface area (Å²) >= 11 is 0. The molecule has 6 heteroatoms. The Hall–Kier alpha value is -2.76. The van der Waals surface area contributed by atoms with Gasteiger partial charge in [-0.05, 0) is 17.7 Å². The number of anilines is 1. The zero-order chi connectivity index (χ0) is 13.9. The lowest BCUT2D eigenvalue weighted by atomic mass is 10.1. The summed E-state index contributed by atoms with van der Waals surface area (Å²) in [4.78, 5) is 10.3. The molecule has 1 unspecified atom stereocenters. The second kappa shape index (κ2) is 5.08. The van der Waals surface area contributed by atoms with Crippen LogP contribution < -0.4 is 5.01 Å². The van der Waals surface area contributed by atoms with Gasteiger partial charge in [-0.3, -0.25) is 10.1 Å². The van der Waals surface area contributed by atoms with E-state index in [-0.39, 0.29) is 11.7 Å². The molecule has 1 heterocycles. The maximum atomic E-state index is 10.7. The van der Waals surface area contributed by atoms with Gasteiger partial charge in [0.2, 0.25) is 0 Å². The average molecular weight is 268 g/mol. The van der Waals surface area contributed by atoms with E-state index in [4.69, 9.17) is 0 Å². The molecule has 1 aliphatic rings. The van der Waals surface area contributed by atoms with Gasteiger partial charge in [0, 0.05) is 12.1 Å². The fourth-order valence-electron chi connectivity index (χ4n) is 2.20. The Morgan fingerprint density at radius 3 is 2.45 bits per heavy atom. The van der Waals surface area contributed by atoms with Crippen molar-refractivity contribution in [2.24, 2.45) is 10.3 Å². The van der Waals surface area contributed by atoms with Crippen LogP contribution in [0.3, 0.4) is 0 Å². The van der Waals surface area contributed by atoms with Gasteiger partial charge in [0.05, 0.1) is 17.2 Å². The summed E-state index contributed by atoms with van der Waals surface area (Å²) in [6.45, 7) is 0.584. The molecule has 0 N–H and O–H groups in total. The highest BCUT2D eigenvalue weighted by Crippen LogP contribution is 2.32. The quantitative estimate of drug-likeness (QED) is 0.631. The largest absolute Gasteiger partial charge is 0.269 e. The molecule has 0 bridgehead atoms. The lowest BCUT2D eigenvalue weighted by Gasteiger charge is -2.21. The maximum absolute atomic E-state index is 10.7. The Morgan fingerprint density at radius 1 is 1.10 bits per heavy atom. The maximum Gasteiger partial charge on any atom is 0.269 e. The van der Waals surface area contributed by atoms with Crippen LogP contribution in [0.5, 0.6) is 0 Å². The number of nitro groups is 1. The summed E-state index contributed by atoms with van der Waals surface area (Å²) in [7, 11) is 0. The molecule has 0 fully saturated rings. The third kappa shape index (κ3) is 2.23. The van der Waals surface area contributed by atoms with Crippen molar-refractivity contribution in [2.75, 3.05) is 11.6 Å². The van der Waals surface area contributed by atoms with Crippen molar-refractivity contribution in [3.8, 4) is 0 Å². The van der Waals surface area contributed by atoms with Gasteiger partial charge in [-0.25, -0.2) is 5.01 Å². The Morgan fingerprint density at radius 2 is 1.80 bits per heavy atom. The highest BCUT2D eigenvalue weighted by atomic mass is 16.6. The summed E-state index contributed by atoms with van der Waals surface area (Å²) in [5, 5.41) is 20.7. The third-order valence-electron chi connectivity index (χ3n) is 3.22. The Bertz CT molecular complexity index is 640. The minimum atomic E-state index is -0.413. The van der Waals surface area contributed by atoms with Crippen molar-refractivity contribution in [3.05, 3.63) is 70.3 Å². The highest BCUT2D eigenvalue weighted by molar-refractivity contribution is 5.52. The average Bonchev–Trinajstić information content (AvgIpc) is 2.97. The first-order valence-electron chi connectivity index (χ1n) is 6.22. The molecular weight excluding hydrogens is 256 g/mol. The topological polar surface area (TPSA) is 71.1 Å². The first-order chi connectivity index (χ1) is 9.75.